The van der Waals surface area contributed by atoms with Crippen LogP contribution in [0.3, 0.4) is 0 Å². The highest BCUT2D eigenvalue weighted by atomic mass is 16.5. The lowest BCUT2D eigenvalue weighted by Crippen LogP contribution is -2.37. The van der Waals surface area contributed by atoms with Gasteiger partial charge in [0, 0.05) is 25.1 Å². The third-order valence-corrected chi connectivity index (χ3v) is 4.22. The van der Waals surface area contributed by atoms with E-state index in [-0.39, 0.29) is 0 Å². The first kappa shape index (κ1) is 19.8. The Morgan fingerprint density at radius 3 is 2.54 bits per heavy atom. The number of hydrogen-bond acceptors (Lipinski definition) is 4. The van der Waals surface area contributed by atoms with Gasteiger partial charge in [-0.3, -0.25) is 0 Å². The van der Waals surface area contributed by atoms with Crippen LogP contribution >= 0.6 is 0 Å². The molecule has 6 heteroatoms. The van der Waals surface area contributed by atoms with E-state index >= 15 is 0 Å². The maximum atomic E-state index is 9.32. The standard InChI is InChI=1S/C20H30N4O2/c1-4-18-17(19(5-2)26-24-18)14-23-20(21-6-3)22-13-7-8-15-9-11-16(25)12-10-15/h9-12,25H,4-8,13-14H2,1-3H3,(H2,21,22,23). The molecule has 1 heterocycles. The number of aromatic nitrogens is 1. The molecule has 26 heavy (non-hydrogen) atoms. The summed E-state index contributed by atoms with van der Waals surface area (Å²) in [5.74, 6) is 2.04. The van der Waals surface area contributed by atoms with Gasteiger partial charge in [0.2, 0.25) is 0 Å². The summed E-state index contributed by atoms with van der Waals surface area (Å²) in [6, 6.07) is 7.37. The SMILES string of the molecule is CCNC(=NCc1c(CC)noc1CC)NCCCc1ccc(O)cc1. The van der Waals surface area contributed by atoms with Gasteiger partial charge >= 0.3 is 0 Å². The normalized spacial score (nSPS) is 11.6. The Labute approximate surface area is 155 Å². The Hall–Kier alpha value is -2.50. The van der Waals surface area contributed by atoms with Crippen LogP contribution < -0.4 is 10.6 Å². The molecule has 0 radical (unpaired) electrons. The molecule has 0 spiro atoms. The number of aromatic hydroxyl groups is 1. The second-order valence-electron chi connectivity index (χ2n) is 6.13. The van der Waals surface area contributed by atoms with Crippen molar-refractivity contribution in [3.8, 4) is 5.75 Å². The van der Waals surface area contributed by atoms with E-state index in [2.05, 4.69) is 36.6 Å². The molecule has 142 valence electrons. The van der Waals surface area contributed by atoms with E-state index in [1.165, 1.54) is 5.56 Å². The van der Waals surface area contributed by atoms with E-state index in [4.69, 9.17) is 9.52 Å². The maximum Gasteiger partial charge on any atom is 0.191 e. The van der Waals surface area contributed by atoms with Crippen LogP contribution in [-0.2, 0) is 25.8 Å². The first-order valence-electron chi connectivity index (χ1n) is 9.44. The molecule has 6 nitrogen and oxygen atoms in total. The number of hydrogen-bond donors (Lipinski definition) is 3. The molecular weight excluding hydrogens is 328 g/mol. The molecule has 0 unspecified atom stereocenters. The minimum atomic E-state index is 0.306. The molecule has 3 N–H and O–H groups in total. The molecule has 0 aliphatic carbocycles. The number of aliphatic imine (C=N–C) groups is 1. The van der Waals surface area contributed by atoms with Crippen LogP contribution in [0.1, 0.15) is 49.8 Å². The van der Waals surface area contributed by atoms with Crippen molar-refractivity contribution in [2.45, 2.75) is 53.0 Å². The van der Waals surface area contributed by atoms with Crippen molar-refractivity contribution < 1.29 is 9.63 Å². The van der Waals surface area contributed by atoms with E-state index in [1.807, 2.05) is 12.1 Å². The summed E-state index contributed by atoms with van der Waals surface area (Å²) in [5.41, 5.74) is 3.32. The Morgan fingerprint density at radius 1 is 1.12 bits per heavy atom. The van der Waals surface area contributed by atoms with Gasteiger partial charge in [0.15, 0.2) is 5.96 Å². The average Bonchev–Trinajstić information content (AvgIpc) is 3.06. The van der Waals surface area contributed by atoms with Gasteiger partial charge in [0.1, 0.15) is 11.5 Å². The molecular formula is C20H30N4O2. The molecule has 2 aromatic rings. The molecule has 2 rings (SSSR count). The number of phenolic OH excluding ortho intramolecular Hbond substituents is 1. The number of aryl methyl sites for hydroxylation is 3. The molecule has 0 saturated heterocycles. The summed E-state index contributed by atoms with van der Waals surface area (Å²) in [7, 11) is 0. The monoisotopic (exact) mass is 358 g/mol. The molecule has 1 aromatic heterocycles. The predicted molar refractivity (Wildman–Crippen MR) is 105 cm³/mol. The van der Waals surface area contributed by atoms with Crippen molar-refractivity contribution in [2.24, 2.45) is 4.99 Å². The van der Waals surface area contributed by atoms with Gasteiger partial charge in [-0.25, -0.2) is 4.99 Å². The molecule has 0 saturated carbocycles. The highest BCUT2D eigenvalue weighted by Gasteiger charge is 2.13. The fraction of sp³-hybridized carbons (Fsp3) is 0.500. The summed E-state index contributed by atoms with van der Waals surface area (Å²) in [5, 5.41) is 20.1. The predicted octanol–water partition coefficient (Wildman–Crippen LogP) is 3.19. The lowest BCUT2D eigenvalue weighted by atomic mass is 10.1. The number of phenols is 1. The molecule has 0 aliphatic heterocycles. The van der Waals surface area contributed by atoms with Crippen LogP contribution in [0.15, 0.2) is 33.8 Å². The van der Waals surface area contributed by atoms with E-state index < -0.39 is 0 Å². The third kappa shape index (κ3) is 5.79. The van der Waals surface area contributed by atoms with Crippen molar-refractivity contribution in [2.75, 3.05) is 13.1 Å². The minimum absolute atomic E-state index is 0.306. The topological polar surface area (TPSA) is 82.7 Å². The van der Waals surface area contributed by atoms with Crippen molar-refractivity contribution in [3.63, 3.8) is 0 Å². The summed E-state index contributed by atoms with van der Waals surface area (Å²) in [6.07, 6.45) is 3.63. The Balaban J connectivity index is 1.88. The summed E-state index contributed by atoms with van der Waals surface area (Å²) in [4.78, 5) is 4.69. The molecule has 0 bridgehead atoms. The van der Waals surface area contributed by atoms with Crippen LogP contribution in [0.5, 0.6) is 5.75 Å². The quantitative estimate of drug-likeness (QED) is 0.364. The smallest absolute Gasteiger partial charge is 0.191 e. The van der Waals surface area contributed by atoms with Gasteiger partial charge in [0.25, 0.3) is 0 Å². The fourth-order valence-electron chi connectivity index (χ4n) is 2.78. The summed E-state index contributed by atoms with van der Waals surface area (Å²) < 4.78 is 5.41. The highest BCUT2D eigenvalue weighted by Crippen LogP contribution is 2.16. The van der Waals surface area contributed by atoms with Gasteiger partial charge in [-0.1, -0.05) is 31.1 Å². The van der Waals surface area contributed by atoms with Crippen LogP contribution in [0, 0.1) is 0 Å². The molecule has 0 fully saturated rings. The van der Waals surface area contributed by atoms with E-state index in [0.717, 1.165) is 61.7 Å². The average molecular weight is 358 g/mol. The van der Waals surface area contributed by atoms with Crippen LogP contribution in [0.25, 0.3) is 0 Å². The zero-order valence-corrected chi connectivity index (χ0v) is 16.0. The van der Waals surface area contributed by atoms with Crippen molar-refractivity contribution in [1.29, 1.82) is 0 Å². The Kier molecular flexibility index (Phi) is 7.99. The van der Waals surface area contributed by atoms with Gasteiger partial charge in [-0.2, -0.15) is 0 Å². The number of guanidine groups is 1. The maximum absolute atomic E-state index is 9.32. The van der Waals surface area contributed by atoms with E-state index in [9.17, 15) is 5.11 Å². The first-order chi connectivity index (χ1) is 12.7. The van der Waals surface area contributed by atoms with Crippen LogP contribution in [-0.4, -0.2) is 29.3 Å². The number of nitrogens with one attached hydrogen (secondary N) is 2. The van der Waals surface area contributed by atoms with Crippen LogP contribution in [0.2, 0.25) is 0 Å². The first-order valence-corrected chi connectivity index (χ1v) is 9.44. The van der Waals surface area contributed by atoms with E-state index in [1.54, 1.807) is 12.1 Å². The zero-order valence-electron chi connectivity index (χ0n) is 16.0. The third-order valence-electron chi connectivity index (χ3n) is 4.22. The molecule has 1 aromatic carbocycles. The largest absolute Gasteiger partial charge is 0.508 e. The Morgan fingerprint density at radius 2 is 1.88 bits per heavy atom. The van der Waals surface area contributed by atoms with Crippen LogP contribution in [0.4, 0.5) is 0 Å². The highest BCUT2D eigenvalue weighted by molar-refractivity contribution is 5.79. The minimum Gasteiger partial charge on any atom is -0.508 e. The summed E-state index contributed by atoms with van der Waals surface area (Å²) >= 11 is 0. The molecule has 0 aliphatic rings. The van der Waals surface area contributed by atoms with Crippen molar-refractivity contribution >= 4 is 5.96 Å². The van der Waals surface area contributed by atoms with Crippen molar-refractivity contribution in [3.05, 3.63) is 46.8 Å². The molecule has 0 amide bonds. The van der Waals surface area contributed by atoms with Gasteiger partial charge in [0.05, 0.1) is 12.2 Å². The van der Waals surface area contributed by atoms with Gasteiger partial charge in [-0.15, -0.1) is 0 Å². The fourth-order valence-corrected chi connectivity index (χ4v) is 2.78. The number of rotatable bonds is 9. The lowest BCUT2D eigenvalue weighted by Gasteiger charge is -2.11. The zero-order chi connectivity index (χ0) is 18.8. The second kappa shape index (κ2) is 10.5. The van der Waals surface area contributed by atoms with Crippen molar-refractivity contribution in [1.82, 2.24) is 15.8 Å². The second-order valence-corrected chi connectivity index (χ2v) is 6.13. The van der Waals surface area contributed by atoms with Gasteiger partial charge < -0.3 is 20.3 Å². The lowest BCUT2D eigenvalue weighted by molar-refractivity contribution is 0.380. The number of benzene rings is 1. The number of nitrogens with zero attached hydrogens (tertiary/aromatic N) is 2. The summed E-state index contributed by atoms with van der Waals surface area (Å²) in [6.45, 7) is 8.43. The van der Waals surface area contributed by atoms with Gasteiger partial charge in [-0.05, 0) is 43.9 Å². The Bertz CT molecular complexity index is 671. The molecule has 0 atom stereocenters. The van der Waals surface area contributed by atoms with E-state index in [0.29, 0.717) is 12.3 Å².